The predicted molar refractivity (Wildman–Crippen MR) is 138 cm³/mol. The second kappa shape index (κ2) is 10.6. The van der Waals surface area contributed by atoms with Crippen LogP contribution in [0, 0.1) is 11.7 Å². The zero-order valence-corrected chi connectivity index (χ0v) is 20.4. The molecule has 0 aliphatic carbocycles. The Labute approximate surface area is 210 Å². The molecule has 0 amide bonds. The number of aromatic amines is 1. The minimum atomic E-state index is -1.21. The molecule has 3 aromatic heterocycles. The Morgan fingerprint density at radius 2 is 2.11 bits per heavy atom. The molecule has 4 aromatic rings. The first kappa shape index (κ1) is 23.6. The van der Waals surface area contributed by atoms with E-state index in [1.54, 1.807) is 23.9 Å². The van der Waals surface area contributed by atoms with Gasteiger partial charge in [0.15, 0.2) is 17.5 Å². The minimum absolute atomic E-state index is 0.140. The molecule has 35 heavy (non-hydrogen) atoms. The summed E-state index contributed by atoms with van der Waals surface area (Å²) in [6.45, 7) is 1.95. The quantitative estimate of drug-likeness (QED) is 0.353. The van der Waals surface area contributed by atoms with Crippen LogP contribution in [0.15, 0.2) is 60.4 Å². The molecule has 0 spiro atoms. The summed E-state index contributed by atoms with van der Waals surface area (Å²) in [4.78, 5) is 15.9. The number of aromatic nitrogens is 4. The van der Waals surface area contributed by atoms with Gasteiger partial charge in [0, 0.05) is 48.4 Å². The second-order valence-corrected chi connectivity index (χ2v) is 10.2. The number of nitrogens with one attached hydrogen (secondary N) is 2. The Balaban J connectivity index is 1.25. The fourth-order valence-corrected chi connectivity index (χ4v) is 5.44. The predicted octanol–water partition coefficient (Wildman–Crippen LogP) is 5.27. The highest BCUT2D eigenvalue weighted by atomic mass is 35.5. The van der Waals surface area contributed by atoms with Gasteiger partial charge in [-0.3, -0.25) is 0 Å². The molecule has 10 heteroatoms. The van der Waals surface area contributed by atoms with Gasteiger partial charge in [-0.15, -0.1) is 0 Å². The van der Waals surface area contributed by atoms with E-state index in [1.807, 2.05) is 40.7 Å². The minimum Gasteiger partial charge on any atom is -0.367 e. The summed E-state index contributed by atoms with van der Waals surface area (Å²) in [7, 11) is -1.21. The van der Waals surface area contributed by atoms with E-state index in [0.29, 0.717) is 35.1 Å². The number of pyridine rings is 1. The first-order chi connectivity index (χ1) is 17.1. The third kappa shape index (κ3) is 5.58. The summed E-state index contributed by atoms with van der Waals surface area (Å²) < 4.78 is 29.3. The fourth-order valence-electron chi connectivity index (χ4n) is 4.17. The maximum absolute atomic E-state index is 14.5. The van der Waals surface area contributed by atoms with Crippen molar-refractivity contribution in [2.24, 2.45) is 5.92 Å². The Hall–Kier alpha value is -3.14. The SMILES string of the molecule is O=S(/C=C/c1ccccc1)N1CCCC(CNc2nc(-c3c[nH]c4ncc(Cl)cc34)ncc2F)C1. The lowest BCUT2D eigenvalue weighted by molar-refractivity contribution is 0.287. The maximum atomic E-state index is 14.5. The third-order valence-electron chi connectivity index (χ3n) is 5.95. The first-order valence-corrected chi connectivity index (χ1v) is 12.9. The van der Waals surface area contributed by atoms with Gasteiger partial charge in [-0.25, -0.2) is 27.9 Å². The summed E-state index contributed by atoms with van der Waals surface area (Å²) in [5, 5.41) is 6.13. The fraction of sp³-hybridized carbons (Fsp3) is 0.240. The third-order valence-corrected chi connectivity index (χ3v) is 7.37. The van der Waals surface area contributed by atoms with Crippen molar-refractivity contribution in [2.75, 3.05) is 25.0 Å². The molecule has 0 saturated carbocycles. The van der Waals surface area contributed by atoms with Crippen LogP contribution in [-0.2, 0) is 11.0 Å². The molecule has 1 saturated heterocycles. The monoisotopic (exact) mass is 510 g/mol. The normalized spacial score (nSPS) is 17.7. The van der Waals surface area contributed by atoms with Gasteiger partial charge >= 0.3 is 0 Å². The number of nitrogens with zero attached hydrogens (tertiary/aromatic N) is 4. The molecule has 2 N–H and O–H groups in total. The number of H-pyrrole nitrogens is 1. The zero-order chi connectivity index (χ0) is 24.2. The van der Waals surface area contributed by atoms with Gasteiger partial charge < -0.3 is 10.3 Å². The van der Waals surface area contributed by atoms with Crippen molar-refractivity contribution in [3.8, 4) is 11.4 Å². The Morgan fingerprint density at radius 1 is 1.26 bits per heavy atom. The molecule has 1 aliphatic rings. The first-order valence-electron chi connectivity index (χ1n) is 11.3. The van der Waals surface area contributed by atoms with E-state index >= 15 is 0 Å². The maximum Gasteiger partial charge on any atom is 0.183 e. The number of fused-ring (bicyclic) bond motifs is 1. The molecule has 2 atom stereocenters. The van der Waals surface area contributed by atoms with Crippen LogP contribution >= 0.6 is 11.6 Å². The molecular weight excluding hydrogens is 487 g/mol. The van der Waals surface area contributed by atoms with E-state index in [2.05, 4.69) is 25.3 Å². The van der Waals surface area contributed by atoms with Gasteiger partial charge in [0.2, 0.25) is 0 Å². The van der Waals surface area contributed by atoms with Crippen molar-refractivity contribution in [2.45, 2.75) is 12.8 Å². The van der Waals surface area contributed by atoms with Crippen LogP contribution in [0.25, 0.3) is 28.5 Å². The average Bonchev–Trinajstić information content (AvgIpc) is 3.30. The van der Waals surface area contributed by atoms with Crippen molar-refractivity contribution in [1.29, 1.82) is 0 Å². The zero-order valence-electron chi connectivity index (χ0n) is 18.8. The number of hydrogen-bond donors (Lipinski definition) is 2. The van der Waals surface area contributed by atoms with E-state index in [0.717, 1.165) is 36.5 Å². The number of rotatable bonds is 7. The lowest BCUT2D eigenvalue weighted by Gasteiger charge is -2.31. The van der Waals surface area contributed by atoms with Crippen LogP contribution in [0.4, 0.5) is 10.2 Å². The average molecular weight is 511 g/mol. The molecular formula is C25H24ClFN6OS. The van der Waals surface area contributed by atoms with Crippen LogP contribution in [0.2, 0.25) is 5.02 Å². The van der Waals surface area contributed by atoms with Crippen molar-refractivity contribution >= 4 is 45.5 Å². The smallest absolute Gasteiger partial charge is 0.183 e. The molecule has 1 aromatic carbocycles. The van der Waals surface area contributed by atoms with Gasteiger partial charge in [-0.2, -0.15) is 0 Å². The number of hydrogen-bond acceptors (Lipinski definition) is 5. The molecule has 1 fully saturated rings. The Bertz CT molecular complexity index is 1380. The Kier molecular flexibility index (Phi) is 7.17. The second-order valence-electron chi connectivity index (χ2n) is 8.41. The van der Waals surface area contributed by atoms with Gasteiger partial charge in [0.05, 0.1) is 11.2 Å². The molecule has 0 bridgehead atoms. The highest BCUT2D eigenvalue weighted by Crippen LogP contribution is 2.28. The number of halogens is 2. The molecule has 4 heterocycles. The van der Waals surface area contributed by atoms with E-state index in [4.69, 9.17) is 11.6 Å². The Morgan fingerprint density at radius 3 is 2.97 bits per heavy atom. The molecule has 0 radical (unpaired) electrons. The van der Waals surface area contributed by atoms with Crippen LogP contribution in [0.5, 0.6) is 0 Å². The van der Waals surface area contributed by atoms with Gasteiger partial charge in [-0.1, -0.05) is 41.9 Å². The van der Waals surface area contributed by atoms with Gasteiger partial charge in [0.25, 0.3) is 0 Å². The number of piperidine rings is 1. The van der Waals surface area contributed by atoms with Gasteiger partial charge in [-0.05, 0) is 36.5 Å². The van der Waals surface area contributed by atoms with Crippen molar-refractivity contribution in [3.05, 3.63) is 76.8 Å². The lowest BCUT2D eigenvalue weighted by Crippen LogP contribution is -2.38. The lowest BCUT2D eigenvalue weighted by atomic mass is 10.00. The van der Waals surface area contributed by atoms with Crippen LogP contribution in [0.3, 0.4) is 0 Å². The molecule has 7 nitrogen and oxygen atoms in total. The van der Waals surface area contributed by atoms with Crippen LogP contribution < -0.4 is 5.32 Å². The van der Waals surface area contributed by atoms with E-state index in [-0.39, 0.29) is 11.7 Å². The summed E-state index contributed by atoms with van der Waals surface area (Å²) in [6.07, 6.45) is 8.23. The molecule has 2 unspecified atom stereocenters. The van der Waals surface area contributed by atoms with Crippen molar-refractivity contribution < 1.29 is 8.60 Å². The highest BCUT2D eigenvalue weighted by molar-refractivity contribution is 7.85. The van der Waals surface area contributed by atoms with E-state index in [1.165, 1.54) is 0 Å². The molecule has 180 valence electrons. The summed E-state index contributed by atoms with van der Waals surface area (Å²) in [5.74, 6) is 0.210. The number of anilines is 1. The largest absolute Gasteiger partial charge is 0.367 e. The molecule has 1 aliphatic heterocycles. The van der Waals surface area contributed by atoms with Gasteiger partial charge in [0.1, 0.15) is 16.6 Å². The summed E-state index contributed by atoms with van der Waals surface area (Å²) >= 11 is 6.09. The van der Waals surface area contributed by atoms with E-state index in [9.17, 15) is 8.60 Å². The summed E-state index contributed by atoms with van der Waals surface area (Å²) in [5.41, 5.74) is 2.37. The van der Waals surface area contributed by atoms with Crippen LogP contribution in [0.1, 0.15) is 18.4 Å². The summed E-state index contributed by atoms with van der Waals surface area (Å²) in [6, 6.07) is 11.6. The van der Waals surface area contributed by atoms with E-state index < -0.39 is 16.8 Å². The number of benzene rings is 1. The molecule has 5 rings (SSSR count). The highest BCUT2D eigenvalue weighted by Gasteiger charge is 2.23. The van der Waals surface area contributed by atoms with Crippen molar-refractivity contribution in [3.63, 3.8) is 0 Å². The van der Waals surface area contributed by atoms with Crippen LogP contribution in [-0.4, -0.2) is 48.1 Å². The standard InChI is InChI=1S/C25H24ClFN6OS/c26-19-11-20-21(14-30-23(20)29-13-19)24-31-15-22(27)25(32-24)28-12-18-7-4-9-33(16-18)35(34)10-8-17-5-2-1-3-6-17/h1-3,5-6,8,10-11,13-15,18H,4,7,9,12,16H2,(H,29,30)(H,28,31,32)/b10-8+. The topological polar surface area (TPSA) is 86.8 Å². The van der Waals surface area contributed by atoms with Crippen molar-refractivity contribution in [1.82, 2.24) is 24.2 Å².